The first-order valence-electron chi connectivity index (χ1n) is 6.90. The highest BCUT2D eigenvalue weighted by atomic mass is 35.5. The van der Waals surface area contributed by atoms with E-state index in [-0.39, 0.29) is 30.6 Å². The number of aliphatic hydroxyl groups excluding tert-OH is 1. The Morgan fingerprint density at radius 3 is 2.50 bits per heavy atom. The van der Waals surface area contributed by atoms with Crippen LogP contribution in [0.3, 0.4) is 0 Å². The van der Waals surface area contributed by atoms with E-state index in [1.54, 1.807) is 0 Å². The molecule has 0 aromatic heterocycles. The molecule has 2 aliphatic rings. The fourth-order valence-corrected chi connectivity index (χ4v) is 5.19. The van der Waals surface area contributed by atoms with Crippen molar-refractivity contribution in [3.05, 3.63) is 0 Å². The molecular weight excluding hydrogens is 304 g/mol. The number of hydrogen-bond donors (Lipinski definition) is 2. The maximum Gasteiger partial charge on any atom is 0.234 e. The predicted molar refractivity (Wildman–Crippen MR) is 76.5 cm³/mol. The van der Waals surface area contributed by atoms with Gasteiger partial charge in [-0.1, -0.05) is 6.42 Å². The summed E-state index contributed by atoms with van der Waals surface area (Å²) in [4.78, 5) is 13.9. The number of hydrogen-bond acceptors (Lipinski definition) is 5. The van der Waals surface area contributed by atoms with E-state index in [2.05, 4.69) is 5.32 Å². The van der Waals surface area contributed by atoms with E-state index >= 15 is 0 Å². The number of carbonyl (C=O) groups is 1. The molecule has 2 atom stereocenters. The molecule has 2 N–H and O–H groups in total. The van der Waals surface area contributed by atoms with Gasteiger partial charge >= 0.3 is 0 Å². The molecule has 0 spiro atoms. The van der Waals surface area contributed by atoms with Crippen LogP contribution in [-0.2, 0) is 14.6 Å². The van der Waals surface area contributed by atoms with Crippen LogP contribution in [0.5, 0.6) is 0 Å². The largest absolute Gasteiger partial charge is 0.395 e. The summed E-state index contributed by atoms with van der Waals surface area (Å²) >= 11 is 5.96. The van der Waals surface area contributed by atoms with Gasteiger partial charge in [-0.05, 0) is 12.8 Å². The number of sulfone groups is 1. The lowest BCUT2D eigenvalue weighted by Gasteiger charge is -2.36. The van der Waals surface area contributed by atoms with Gasteiger partial charge in [0.05, 0.1) is 36.1 Å². The topological polar surface area (TPSA) is 86.7 Å². The summed E-state index contributed by atoms with van der Waals surface area (Å²) in [6.07, 6.45) is 3.24. The first-order chi connectivity index (χ1) is 9.41. The van der Waals surface area contributed by atoms with Crippen molar-refractivity contribution in [2.24, 2.45) is 0 Å². The average Bonchev–Trinajstić information content (AvgIpc) is 2.49. The molecule has 0 radical (unpaired) electrons. The van der Waals surface area contributed by atoms with Gasteiger partial charge in [-0.25, -0.2) is 8.42 Å². The third-order valence-corrected chi connectivity index (χ3v) is 6.33. The van der Waals surface area contributed by atoms with E-state index in [9.17, 15) is 13.2 Å². The summed E-state index contributed by atoms with van der Waals surface area (Å²) in [5.74, 6) is -0.392. The fraction of sp³-hybridized carbons (Fsp3) is 0.917. The number of nitrogens with one attached hydrogen (secondary N) is 1. The number of halogens is 1. The van der Waals surface area contributed by atoms with Crippen molar-refractivity contribution in [3.63, 3.8) is 0 Å². The lowest BCUT2D eigenvalue weighted by Crippen LogP contribution is -2.50. The number of carbonyl (C=O) groups excluding carboxylic acids is 1. The summed E-state index contributed by atoms with van der Waals surface area (Å²) in [6, 6.07) is -0.154. The maximum atomic E-state index is 12.0. The molecule has 1 saturated heterocycles. The van der Waals surface area contributed by atoms with E-state index in [4.69, 9.17) is 16.7 Å². The van der Waals surface area contributed by atoms with Gasteiger partial charge in [-0.2, -0.15) is 0 Å². The summed E-state index contributed by atoms with van der Waals surface area (Å²) in [6.45, 7) is 0.663. The average molecular weight is 325 g/mol. The molecule has 2 fully saturated rings. The highest BCUT2D eigenvalue weighted by molar-refractivity contribution is 7.91. The zero-order valence-electron chi connectivity index (χ0n) is 11.3. The number of alkyl halides is 1. The molecule has 6 nitrogen and oxygen atoms in total. The van der Waals surface area contributed by atoms with Crippen molar-refractivity contribution in [1.82, 2.24) is 10.2 Å². The van der Waals surface area contributed by atoms with Gasteiger partial charge in [0.25, 0.3) is 0 Å². The summed E-state index contributed by atoms with van der Waals surface area (Å²) in [7, 11) is -3.14. The van der Waals surface area contributed by atoms with Crippen LogP contribution in [0.15, 0.2) is 0 Å². The minimum absolute atomic E-state index is 0.0136. The van der Waals surface area contributed by atoms with Gasteiger partial charge in [0.2, 0.25) is 5.91 Å². The molecule has 1 aliphatic heterocycles. The minimum Gasteiger partial charge on any atom is -0.395 e. The monoisotopic (exact) mass is 324 g/mol. The van der Waals surface area contributed by atoms with E-state index in [0.717, 1.165) is 19.3 Å². The molecule has 1 heterocycles. The Bertz CT molecular complexity index is 452. The second-order valence-electron chi connectivity index (χ2n) is 5.55. The molecular formula is C12H21ClN2O4S. The van der Waals surface area contributed by atoms with Crippen LogP contribution in [0.4, 0.5) is 0 Å². The molecule has 1 amide bonds. The van der Waals surface area contributed by atoms with Crippen LogP contribution in [0, 0.1) is 0 Å². The molecule has 8 heteroatoms. The lowest BCUT2D eigenvalue weighted by atomic mass is 9.91. The zero-order valence-corrected chi connectivity index (χ0v) is 12.9. The number of amides is 1. The van der Waals surface area contributed by atoms with Gasteiger partial charge in [0, 0.05) is 12.6 Å². The highest BCUT2D eigenvalue weighted by Gasteiger charge is 2.37. The van der Waals surface area contributed by atoms with Crippen LogP contribution in [0.2, 0.25) is 0 Å². The molecule has 0 aromatic rings. The number of nitrogens with zero attached hydrogens (tertiary/aromatic N) is 1. The van der Waals surface area contributed by atoms with Crippen LogP contribution < -0.4 is 5.32 Å². The second-order valence-corrected chi connectivity index (χ2v) is 8.26. The Morgan fingerprint density at radius 1 is 1.35 bits per heavy atom. The van der Waals surface area contributed by atoms with Crippen molar-refractivity contribution in [2.75, 3.05) is 31.2 Å². The SMILES string of the molecule is O=C(CN(CCO)C1CCC1)NC1CS(=O)(=O)CC1Cl. The smallest absolute Gasteiger partial charge is 0.234 e. The third-order valence-electron chi connectivity index (χ3n) is 3.95. The Balaban J connectivity index is 1.84. The predicted octanol–water partition coefficient (Wildman–Crippen LogP) is -0.646. The molecule has 1 saturated carbocycles. The molecule has 2 unspecified atom stereocenters. The Morgan fingerprint density at radius 2 is 2.05 bits per heavy atom. The quantitative estimate of drug-likeness (QED) is 0.634. The van der Waals surface area contributed by atoms with Gasteiger partial charge in [0.1, 0.15) is 0 Å². The Labute approximate surface area is 124 Å². The van der Waals surface area contributed by atoms with Crippen molar-refractivity contribution in [3.8, 4) is 0 Å². The van der Waals surface area contributed by atoms with Crippen molar-refractivity contribution < 1.29 is 18.3 Å². The number of rotatable bonds is 6. The van der Waals surface area contributed by atoms with Gasteiger partial charge in [0.15, 0.2) is 9.84 Å². The zero-order chi connectivity index (χ0) is 14.8. The third kappa shape index (κ3) is 4.07. The Hall–Kier alpha value is -0.370. The van der Waals surface area contributed by atoms with Gasteiger partial charge < -0.3 is 10.4 Å². The Kier molecular flexibility index (Phi) is 5.28. The summed E-state index contributed by atoms with van der Waals surface area (Å²) in [5, 5.41) is 11.2. The van der Waals surface area contributed by atoms with Crippen LogP contribution >= 0.6 is 11.6 Å². The first-order valence-corrected chi connectivity index (χ1v) is 9.16. The van der Waals surface area contributed by atoms with E-state index in [0.29, 0.717) is 12.6 Å². The molecule has 0 aromatic carbocycles. The summed E-state index contributed by atoms with van der Waals surface area (Å²) in [5.41, 5.74) is 0. The lowest BCUT2D eigenvalue weighted by molar-refractivity contribution is -0.123. The molecule has 1 aliphatic carbocycles. The second kappa shape index (κ2) is 6.60. The molecule has 116 valence electrons. The normalized spacial score (nSPS) is 29.4. The highest BCUT2D eigenvalue weighted by Crippen LogP contribution is 2.24. The van der Waals surface area contributed by atoms with Crippen molar-refractivity contribution in [1.29, 1.82) is 0 Å². The van der Waals surface area contributed by atoms with Gasteiger partial charge in [-0.3, -0.25) is 9.69 Å². The minimum atomic E-state index is -3.14. The first kappa shape index (κ1) is 16.0. The van der Waals surface area contributed by atoms with Crippen molar-refractivity contribution in [2.45, 2.75) is 36.7 Å². The van der Waals surface area contributed by atoms with E-state index in [1.807, 2.05) is 4.90 Å². The van der Waals surface area contributed by atoms with Crippen molar-refractivity contribution >= 4 is 27.3 Å². The molecule has 20 heavy (non-hydrogen) atoms. The van der Waals surface area contributed by atoms with Crippen LogP contribution in [0.1, 0.15) is 19.3 Å². The van der Waals surface area contributed by atoms with E-state index < -0.39 is 21.3 Å². The van der Waals surface area contributed by atoms with E-state index in [1.165, 1.54) is 0 Å². The standard InChI is InChI=1S/C12H21ClN2O4S/c13-10-7-20(18,19)8-11(10)14-12(17)6-15(4-5-16)9-2-1-3-9/h9-11,16H,1-8H2,(H,14,17). The van der Waals surface area contributed by atoms with Crippen LogP contribution in [0.25, 0.3) is 0 Å². The maximum absolute atomic E-state index is 12.0. The van der Waals surface area contributed by atoms with Crippen LogP contribution in [-0.4, -0.2) is 73.0 Å². The number of aliphatic hydroxyl groups is 1. The van der Waals surface area contributed by atoms with Gasteiger partial charge in [-0.15, -0.1) is 11.6 Å². The molecule has 0 bridgehead atoms. The molecule has 2 rings (SSSR count). The summed E-state index contributed by atoms with van der Waals surface area (Å²) < 4.78 is 22.9. The fourth-order valence-electron chi connectivity index (χ4n) is 2.64.